The Morgan fingerprint density at radius 2 is 2.11 bits per heavy atom. The molecule has 0 saturated heterocycles. The minimum absolute atomic E-state index is 0.246. The number of carbonyl (C=O) groups excluding carboxylic acids is 1. The van der Waals surface area contributed by atoms with E-state index in [4.69, 9.17) is 26.8 Å². The Kier molecular flexibility index (Phi) is 4.99. The summed E-state index contributed by atoms with van der Waals surface area (Å²) in [6.45, 7) is 4.12. The van der Waals surface area contributed by atoms with Crippen LogP contribution in [0.4, 0.5) is 5.69 Å². The van der Waals surface area contributed by atoms with Crippen LogP contribution in [0.1, 0.15) is 30.6 Å². The zero-order valence-corrected chi connectivity index (χ0v) is 11.6. The molecule has 4 nitrogen and oxygen atoms in total. The normalized spacial score (nSPS) is 11.3. The quantitative estimate of drug-likeness (QED) is 0.661. The van der Waals surface area contributed by atoms with Crippen molar-refractivity contribution in [2.75, 3.05) is 19.5 Å². The minimum Gasteiger partial charge on any atom is -0.462 e. The van der Waals surface area contributed by atoms with E-state index in [0.29, 0.717) is 11.4 Å². The number of hydrogen-bond acceptors (Lipinski definition) is 4. The van der Waals surface area contributed by atoms with Crippen molar-refractivity contribution in [3.05, 3.63) is 28.8 Å². The van der Waals surface area contributed by atoms with Crippen LogP contribution in [-0.4, -0.2) is 25.3 Å². The Balaban J connectivity index is 2.59. The largest absolute Gasteiger partial charge is 0.462 e. The Hall–Kier alpha value is -1.26. The highest BCUT2D eigenvalue weighted by Gasteiger charge is 2.18. The molecule has 0 aliphatic rings. The molecule has 0 atom stereocenters. The highest BCUT2D eigenvalue weighted by molar-refractivity contribution is 6.33. The fourth-order valence-corrected chi connectivity index (χ4v) is 1.46. The van der Waals surface area contributed by atoms with Gasteiger partial charge in [0.15, 0.2) is 0 Å². The second kappa shape index (κ2) is 6.07. The molecule has 0 spiro atoms. The molecule has 1 aromatic carbocycles. The van der Waals surface area contributed by atoms with Gasteiger partial charge in [0.1, 0.15) is 0 Å². The van der Waals surface area contributed by atoms with Gasteiger partial charge in [-0.05, 0) is 26.0 Å². The van der Waals surface area contributed by atoms with Gasteiger partial charge < -0.3 is 15.2 Å². The third-order valence-corrected chi connectivity index (χ3v) is 3.09. The van der Waals surface area contributed by atoms with E-state index in [1.165, 1.54) is 0 Å². The summed E-state index contributed by atoms with van der Waals surface area (Å²) in [6, 6.07) is 4.88. The van der Waals surface area contributed by atoms with Gasteiger partial charge in [0.05, 0.1) is 28.5 Å². The first-order chi connectivity index (χ1) is 8.37. The van der Waals surface area contributed by atoms with Crippen molar-refractivity contribution in [3.8, 4) is 0 Å². The summed E-state index contributed by atoms with van der Waals surface area (Å²) >= 11 is 5.83. The number of nitrogens with two attached hydrogens (primary N) is 1. The van der Waals surface area contributed by atoms with Gasteiger partial charge in [-0.3, -0.25) is 0 Å². The maximum Gasteiger partial charge on any atom is 0.340 e. The molecule has 0 saturated carbocycles. The molecule has 100 valence electrons. The molecule has 18 heavy (non-hydrogen) atoms. The van der Waals surface area contributed by atoms with Crippen LogP contribution in [0.25, 0.3) is 0 Å². The first-order valence-electron chi connectivity index (χ1n) is 5.63. The Morgan fingerprint density at radius 1 is 1.44 bits per heavy atom. The van der Waals surface area contributed by atoms with Crippen LogP contribution in [0, 0.1) is 0 Å². The predicted molar refractivity (Wildman–Crippen MR) is 71.9 cm³/mol. The van der Waals surface area contributed by atoms with E-state index >= 15 is 0 Å². The SMILES string of the molecule is COC(C)(C)CCOC(=O)c1cccc(Cl)c1N. The summed E-state index contributed by atoms with van der Waals surface area (Å²) in [5.41, 5.74) is 5.93. The van der Waals surface area contributed by atoms with Crippen LogP contribution >= 0.6 is 11.6 Å². The van der Waals surface area contributed by atoms with Crippen molar-refractivity contribution in [1.82, 2.24) is 0 Å². The van der Waals surface area contributed by atoms with Gasteiger partial charge in [-0.1, -0.05) is 17.7 Å². The average molecular weight is 272 g/mol. The van der Waals surface area contributed by atoms with Crippen LogP contribution in [0.2, 0.25) is 5.02 Å². The van der Waals surface area contributed by atoms with Crippen LogP contribution in [0.3, 0.4) is 0 Å². The van der Waals surface area contributed by atoms with Crippen molar-refractivity contribution in [1.29, 1.82) is 0 Å². The Morgan fingerprint density at radius 3 is 2.72 bits per heavy atom. The van der Waals surface area contributed by atoms with Gasteiger partial charge in [-0.2, -0.15) is 0 Å². The number of nitrogen functional groups attached to an aromatic ring is 1. The molecular weight excluding hydrogens is 254 g/mol. The third kappa shape index (κ3) is 3.89. The monoisotopic (exact) mass is 271 g/mol. The van der Waals surface area contributed by atoms with Gasteiger partial charge in [-0.25, -0.2) is 4.79 Å². The van der Waals surface area contributed by atoms with E-state index in [0.717, 1.165) is 0 Å². The van der Waals surface area contributed by atoms with Crippen molar-refractivity contribution in [3.63, 3.8) is 0 Å². The molecule has 0 unspecified atom stereocenters. The summed E-state index contributed by atoms with van der Waals surface area (Å²) in [6.07, 6.45) is 0.607. The summed E-state index contributed by atoms with van der Waals surface area (Å²) in [4.78, 5) is 11.8. The standard InChI is InChI=1S/C13H18ClNO3/c1-13(2,17-3)7-8-18-12(16)9-5-4-6-10(14)11(9)15/h4-6H,7-8,15H2,1-3H3. The summed E-state index contributed by atoms with van der Waals surface area (Å²) in [7, 11) is 1.62. The number of methoxy groups -OCH3 is 1. The maximum atomic E-state index is 11.8. The highest BCUT2D eigenvalue weighted by Crippen LogP contribution is 2.23. The number of esters is 1. The summed E-state index contributed by atoms with van der Waals surface area (Å²) in [5, 5.41) is 0.349. The van der Waals surface area contributed by atoms with Crippen LogP contribution in [0.5, 0.6) is 0 Å². The molecular formula is C13H18ClNO3. The van der Waals surface area contributed by atoms with Crippen molar-refractivity contribution in [2.24, 2.45) is 0 Å². The number of benzene rings is 1. The molecule has 0 aliphatic heterocycles. The topological polar surface area (TPSA) is 61.5 Å². The van der Waals surface area contributed by atoms with Crippen LogP contribution in [0.15, 0.2) is 18.2 Å². The number of rotatable bonds is 5. The maximum absolute atomic E-state index is 11.8. The third-order valence-electron chi connectivity index (χ3n) is 2.76. The summed E-state index contributed by atoms with van der Waals surface area (Å²) < 4.78 is 10.4. The molecule has 0 radical (unpaired) electrons. The molecule has 1 aromatic rings. The number of carbonyl (C=O) groups is 1. The van der Waals surface area contributed by atoms with Crippen molar-refractivity contribution in [2.45, 2.75) is 25.9 Å². The first kappa shape index (κ1) is 14.8. The lowest BCUT2D eigenvalue weighted by molar-refractivity contribution is -0.00559. The first-order valence-corrected chi connectivity index (χ1v) is 6.01. The van der Waals surface area contributed by atoms with E-state index in [9.17, 15) is 4.79 Å². The molecule has 1 rings (SSSR count). The second-order valence-corrected chi connectivity index (χ2v) is 4.96. The number of para-hydroxylation sites is 1. The van der Waals surface area contributed by atoms with Gasteiger partial charge in [0, 0.05) is 13.5 Å². The molecule has 0 fully saturated rings. The van der Waals surface area contributed by atoms with Crippen LogP contribution in [-0.2, 0) is 9.47 Å². The van der Waals surface area contributed by atoms with E-state index in [1.54, 1.807) is 25.3 Å². The molecule has 0 amide bonds. The molecule has 0 aliphatic carbocycles. The highest BCUT2D eigenvalue weighted by atomic mass is 35.5. The predicted octanol–water partition coefficient (Wildman–Crippen LogP) is 2.89. The zero-order valence-electron chi connectivity index (χ0n) is 10.8. The number of halogens is 1. The Labute approximate surface area is 112 Å². The lowest BCUT2D eigenvalue weighted by Gasteiger charge is -2.22. The average Bonchev–Trinajstić information content (AvgIpc) is 2.32. The fraction of sp³-hybridized carbons (Fsp3) is 0.462. The molecule has 5 heteroatoms. The molecule has 2 N–H and O–H groups in total. The number of ether oxygens (including phenoxy) is 2. The van der Waals surface area contributed by atoms with Crippen molar-refractivity contribution >= 4 is 23.3 Å². The lowest BCUT2D eigenvalue weighted by atomic mass is 10.1. The minimum atomic E-state index is -0.470. The smallest absolute Gasteiger partial charge is 0.340 e. The molecule has 0 bridgehead atoms. The zero-order chi connectivity index (χ0) is 13.8. The number of hydrogen-bond donors (Lipinski definition) is 1. The van der Waals surface area contributed by atoms with Gasteiger partial charge in [-0.15, -0.1) is 0 Å². The van der Waals surface area contributed by atoms with E-state index in [2.05, 4.69) is 0 Å². The molecule has 0 aromatic heterocycles. The van der Waals surface area contributed by atoms with E-state index in [1.807, 2.05) is 13.8 Å². The number of anilines is 1. The van der Waals surface area contributed by atoms with Gasteiger partial charge in [0.2, 0.25) is 0 Å². The van der Waals surface area contributed by atoms with Crippen LogP contribution < -0.4 is 5.73 Å². The molecule has 0 heterocycles. The second-order valence-electron chi connectivity index (χ2n) is 4.55. The van der Waals surface area contributed by atoms with Crippen molar-refractivity contribution < 1.29 is 14.3 Å². The van der Waals surface area contributed by atoms with E-state index < -0.39 is 5.97 Å². The summed E-state index contributed by atoms with van der Waals surface area (Å²) in [5.74, 6) is -0.470. The Bertz CT molecular complexity index is 432. The van der Waals surface area contributed by atoms with Gasteiger partial charge >= 0.3 is 5.97 Å². The lowest BCUT2D eigenvalue weighted by Crippen LogP contribution is -2.25. The van der Waals surface area contributed by atoms with Gasteiger partial charge in [0.25, 0.3) is 0 Å². The fourth-order valence-electron chi connectivity index (χ4n) is 1.28. The van der Waals surface area contributed by atoms with E-state index in [-0.39, 0.29) is 23.5 Å².